The lowest BCUT2D eigenvalue weighted by Gasteiger charge is -2.26. The second kappa shape index (κ2) is 6.14. The zero-order chi connectivity index (χ0) is 12.1. The summed E-state index contributed by atoms with van der Waals surface area (Å²) in [4.78, 5) is 11.9. The molecule has 0 heterocycles. The smallest absolute Gasteiger partial charge is 0.311 e. The highest BCUT2D eigenvalue weighted by molar-refractivity contribution is 5.76. The third-order valence-corrected chi connectivity index (χ3v) is 2.94. The van der Waals surface area contributed by atoms with E-state index in [0.29, 0.717) is 5.92 Å². The van der Waals surface area contributed by atoms with E-state index in [2.05, 4.69) is 20.8 Å². The molecule has 1 unspecified atom stereocenters. The predicted octanol–water partition coefficient (Wildman–Crippen LogP) is 3.79. The summed E-state index contributed by atoms with van der Waals surface area (Å²) in [6.07, 6.45) is 3.13. The number of ether oxygens (including phenoxy) is 1. The maximum absolute atomic E-state index is 11.9. The highest BCUT2D eigenvalue weighted by Gasteiger charge is 2.30. The summed E-state index contributed by atoms with van der Waals surface area (Å²) in [6.45, 7) is 12.2. The number of unbranched alkanes of at least 4 members (excludes halogenated alkanes) is 1. The number of esters is 1. The molecule has 0 saturated heterocycles. The molecule has 2 nitrogen and oxygen atoms in total. The Kier molecular flexibility index (Phi) is 5.92. The highest BCUT2D eigenvalue weighted by atomic mass is 16.5. The Bertz CT molecular complexity index is 195. The maximum atomic E-state index is 11.9. The van der Waals surface area contributed by atoms with Crippen LogP contribution < -0.4 is 0 Å². The fourth-order valence-electron chi connectivity index (χ4n) is 1.19. The molecule has 0 saturated carbocycles. The van der Waals surface area contributed by atoms with Gasteiger partial charge in [0.25, 0.3) is 0 Å². The molecule has 0 aromatic carbocycles. The zero-order valence-electron chi connectivity index (χ0n) is 11.1. The molecule has 2 heteroatoms. The Hall–Kier alpha value is -0.530. The summed E-state index contributed by atoms with van der Waals surface area (Å²) in [5.74, 6) is 0.327. The van der Waals surface area contributed by atoms with Crippen LogP contribution in [0.15, 0.2) is 0 Å². The van der Waals surface area contributed by atoms with Gasteiger partial charge in [0, 0.05) is 0 Å². The second-order valence-corrected chi connectivity index (χ2v) is 5.34. The van der Waals surface area contributed by atoms with Crippen molar-refractivity contribution in [3.05, 3.63) is 0 Å². The van der Waals surface area contributed by atoms with Gasteiger partial charge in [-0.3, -0.25) is 4.79 Å². The molecular weight excluding hydrogens is 188 g/mol. The van der Waals surface area contributed by atoms with Gasteiger partial charge in [-0.1, -0.05) is 33.6 Å². The van der Waals surface area contributed by atoms with E-state index in [0.717, 1.165) is 19.3 Å². The summed E-state index contributed by atoms with van der Waals surface area (Å²) in [5.41, 5.74) is -0.334. The molecule has 15 heavy (non-hydrogen) atoms. The molecule has 0 aliphatic carbocycles. The topological polar surface area (TPSA) is 26.3 Å². The van der Waals surface area contributed by atoms with Crippen LogP contribution in [-0.2, 0) is 9.53 Å². The monoisotopic (exact) mass is 214 g/mol. The number of rotatable bonds is 6. The first-order valence-electron chi connectivity index (χ1n) is 6.02. The van der Waals surface area contributed by atoms with Crippen molar-refractivity contribution >= 4 is 5.97 Å². The van der Waals surface area contributed by atoms with Gasteiger partial charge in [-0.25, -0.2) is 0 Å². The molecule has 1 atom stereocenters. The third kappa shape index (κ3) is 5.19. The summed E-state index contributed by atoms with van der Waals surface area (Å²) >= 11 is 0. The van der Waals surface area contributed by atoms with Crippen LogP contribution in [0.4, 0.5) is 0 Å². The van der Waals surface area contributed by atoms with Crippen LogP contribution in [0.5, 0.6) is 0 Å². The van der Waals surface area contributed by atoms with E-state index >= 15 is 0 Å². The average Bonchev–Trinajstić information content (AvgIpc) is 2.14. The summed E-state index contributed by atoms with van der Waals surface area (Å²) < 4.78 is 5.43. The Morgan fingerprint density at radius 1 is 1.27 bits per heavy atom. The number of carbonyl (C=O) groups is 1. The Labute approximate surface area is 94.4 Å². The summed E-state index contributed by atoms with van der Waals surface area (Å²) in [5, 5.41) is 0. The zero-order valence-corrected chi connectivity index (χ0v) is 11.1. The van der Waals surface area contributed by atoms with Crippen molar-refractivity contribution in [3.63, 3.8) is 0 Å². The minimum Gasteiger partial charge on any atom is -0.462 e. The molecular formula is C13H26O2. The molecule has 90 valence electrons. The molecule has 0 aromatic rings. The minimum atomic E-state index is -0.334. The van der Waals surface area contributed by atoms with Crippen LogP contribution in [0.1, 0.15) is 60.8 Å². The van der Waals surface area contributed by atoms with Crippen molar-refractivity contribution < 1.29 is 9.53 Å². The van der Waals surface area contributed by atoms with Gasteiger partial charge in [-0.05, 0) is 33.1 Å². The fraction of sp³-hybridized carbons (Fsp3) is 0.923. The van der Waals surface area contributed by atoms with Gasteiger partial charge >= 0.3 is 5.97 Å². The number of hydrogen-bond acceptors (Lipinski definition) is 2. The quantitative estimate of drug-likeness (QED) is 0.629. The van der Waals surface area contributed by atoms with E-state index in [9.17, 15) is 4.79 Å². The van der Waals surface area contributed by atoms with Gasteiger partial charge < -0.3 is 4.74 Å². The molecule has 0 N–H and O–H groups in total. The van der Waals surface area contributed by atoms with E-state index in [-0.39, 0.29) is 17.5 Å². The normalized spacial score (nSPS) is 14.1. The first-order chi connectivity index (χ1) is 6.81. The van der Waals surface area contributed by atoms with Crippen LogP contribution in [0.3, 0.4) is 0 Å². The van der Waals surface area contributed by atoms with E-state index in [1.165, 1.54) is 0 Å². The molecule has 0 amide bonds. The Morgan fingerprint density at radius 2 is 1.80 bits per heavy atom. The van der Waals surface area contributed by atoms with Crippen molar-refractivity contribution in [2.75, 3.05) is 0 Å². The molecule has 0 bridgehead atoms. The van der Waals surface area contributed by atoms with E-state index in [1.54, 1.807) is 0 Å². The lowest BCUT2D eigenvalue weighted by molar-refractivity contribution is -0.161. The van der Waals surface area contributed by atoms with Crippen molar-refractivity contribution in [3.8, 4) is 0 Å². The van der Waals surface area contributed by atoms with Crippen molar-refractivity contribution in [1.82, 2.24) is 0 Å². The number of carbonyl (C=O) groups excluding carboxylic acids is 1. The molecule has 0 fully saturated rings. The van der Waals surface area contributed by atoms with Gasteiger partial charge in [0.1, 0.15) is 6.10 Å². The first-order valence-corrected chi connectivity index (χ1v) is 6.02. The Balaban J connectivity index is 4.18. The van der Waals surface area contributed by atoms with Gasteiger partial charge in [-0.2, -0.15) is 0 Å². The van der Waals surface area contributed by atoms with Crippen LogP contribution in [0, 0.1) is 11.3 Å². The maximum Gasteiger partial charge on any atom is 0.311 e. The van der Waals surface area contributed by atoms with Crippen molar-refractivity contribution in [2.24, 2.45) is 11.3 Å². The van der Waals surface area contributed by atoms with Crippen LogP contribution >= 0.6 is 0 Å². The predicted molar refractivity (Wildman–Crippen MR) is 63.7 cm³/mol. The highest BCUT2D eigenvalue weighted by Crippen LogP contribution is 2.26. The van der Waals surface area contributed by atoms with Gasteiger partial charge in [0.05, 0.1) is 5.41 Å². The third-order valence-electron chi connectivity index (χ3n) is 2.94. The summed E-state index contributed by atoms with van der Waals surface area (Å²) in [6, 6.07) is 0. The van der Waals surface area contributed by atoms with E-state index in [4.69, 9.17) is 4.74 Å². The van der Waals surface area contributed by atoms with Gasteiger partial charge in [0.2, 0.25) is 0 Å². The Morgan fingerprint density at radius 3 is 2.20 bits per heavy atom. The average molecular weight is 214 g/mol. The van der Waals surface area contributed by atoms with Gasteiger partial charge in [0.15, 0.2) is 0 Å². The van der Waals surface area contributed by atoms with Gasteiger partial charge in [-0.15, -0.1) is 0 Å². The van der Waals surface area contributed by atoms with Crippen molar-refractivity contribution in [1.29, 1.82) is 0 Å². The van der Waals surface area contributed by atoms with Crippen LogP contribution in [0.2, 0.25) is 0 Å². The molecule has 0 aromatic heterocycles. The SMILES string of the molecule is CCCCC(C)(C)C(=O)OC(C)C(C)C. The van der Waals surface area contributed by atoms with E-state index < -0.39 is 0 Å². The largest absolute Gasteiger partial charge is 0.462 e. The molecule has 0 radical (unpaired) electrons. The fourth-order valence-corrected chi connectivity index (χ4v) is 1.19. The lowest BCUT2D eigenvalue weighted by atomic mass is 9.87. The molecule has 0 spiro atoms. The number of hydrogen-bond donors (Lipinski definition) is 0. The standard InChI is InChI=1S/C13H26O2/c1-7-8-9-13(5,6)12(14)15-11(4)10(2)3/h10-11H,7-9H2,1-6H3. The minimum absolute atomic E-state index is 0.0124. The van der Waals surface area contributed by atoms with Crippen LogP contribution in [0.25, 0.3) is 0 Å². The van der Waals surface area contributed by atoms with Crippen molar-refractivity contribution in [2.45, 2.75) is 66.9 Å². The van der Waals surface area contributed by atoms with Crippen LogP contribution in [-0.4, -0.2) is 12.1 Å². The second-order valence-electron chi connectivity index (χ2n) is 5.34. The first kappa shape index (κ1) is 14.5. The lowest BCUT2D eigenvalue weighted by Crippen LogP contribution is -2.31. The molecule has 0 aliphatic heterocycles. The van der Waals surface area contributed by atoms with E-state index in [1.807, 2.05) is 20.8 Å². The summed E-state index contributed by atoms with van der Waals surface area (Å²) in [7, 11) is 0. The molecule has 0 rings (SSSR count). The molecule has 0 aliphatic rings.